The van der Waals surface area contributed by atoms with Crippen LogP contribution in [0.5, 0.6) is 0 Å². The average Bonchev–Trinajstić information content (AvgIpc) is 1.65. The number of carbonyl (C=O) groups is 1. The van der Waals surface area contributed by atoms with Gasteiger partial charge < -0.3 is 11.5 Å². The number of hydrogen-bond donors (Lipinski definition) is 2. The Balaban J connectivity index is 3.24. The van der Waals surface area contributed by atoms with Gasteiger partial charge in [0, 0.05) is 12.5 Å². The molecule has 0 rings (SSSR count). The quantitative estimate of drug-likeness (QED) is 0.526. The third kappa shape index (κ3) is 3.61. The maximum atomic E-state index is 10.1. The van der Waals surface area contributed by atoms with Gasteiger partial charge in [0.25, 0.3) is 0 Å². The SMILES string of the molecule is CCC(N)CC(N)=O. The number of carbonyl (C=O) groups excluding carboxylic acids is 1. The summed E-state index contributed by atoms with van der Waals surface area (Å²) in [6.45, 7) is 1.92. The smallest absolute Gasteiger partial charge is 0.218 e. The third-order valence-corrected chi connectivity index (χ3v) is 0.988. The van der Waals surface area contributed by atoms with Crippen molar-refractivity contribution in [2.75, 3.05) is 0 Å². The van der Waals surface area contributed by atoms with Crippen LogP contribution < -0.4 is 11.5 Å². The second-order valence-corrected chi connectivity index (χ2v) is 1.84. The molecule has 0 aliphatic heterocycles. The lowest BCUT2D eigenvalue weighted by Crippen LogP contribution is -2.26. The van der Waals surface area contributed by atoms with E-state index in [1.807, 2.05) is 6.92 Å². The van der Waals surface area contributed by atoms with Gasteiger partial charge in [-0.05, 0) is 6.42 Å². The molecule has 1 unspecified atom stereocenters. The van der Waals surface area contributed by atoms with Crippen LogP contribution in [-0.4, -0.2) is 11.9 Å². The number of rotatable bonds is 3. The molecule has 0 aromatic heterocycles. The molecule has 3 heteroatoms. The topological polar surface area (TPSA) is 69.1 Å². The molecule has 0 aliphatic carbocycles. The molecule has 48 valence electrons. The highest BCUT2D eigenvalue weighted by Crippen LogP contribution is 1.89. The highest BCUT2D eigenvalue weighted by molar-refractivity contribution is 5.74. The van der Waals surface area contributed by atoms with Crippen LogP contribution in [0.3, 0.4) is 0 Å². The lowest BCUT2D eigenvalue weighted by molar-refractivity contribution is -0.118. The molecule has 0 aliphatic rings. The molecule has 0 saturated carbocycles. The average molecular weight is 116 g/mol. The second kappa shape index (κ2) is 3.43. The van der Waals surface area contributed by atoms with Crippen molar-refractivity contribution in [2.45, 2.75) is 25.8 Å². The Bertz CT molecular complexity index is 82.5. The fraction of sp³-hybridized carbons (Fsp3) is 0.800. The Kier molecular flexibility index (Phi) is 3.19. The minimum absolute atomic E-state index is 0.0486. The van der Waals surface area contributed by atoms with E-state index in [-0.39, 0.29) is 11.9 Å². The molecule has 0 spiro atoms. The summed E-state index contributed by atoms with van der Waals surface area (Å²) in [4.78, 5) is 10.1. The van der Waals surface area contributed by atoms with E-state index in [2.05, 4.69) is 0 Å². The largest absolute Gasteiger partial charge is 0.370 e. The van der Waals surface area contributed by atoms with E-state index in [1.165, 1.54) is 0 Å². The Labute approximate surface area is 49.0 Å². The first kappa shape index (κ1) is 7.43. The molecular weight excluding hydrogens is 104 g/mol. The van der Waals surface area contributed by atoms with Gasteiger partial charge in [-0.25, -0.2) is 0 Å². The maximum absolute atomic E-state index is 10.1. The Morgan fingerprint density at radius 2 is 2.25 bits per heavy atom. The second-order valence-electron chi connectivity index (χ2n) is 1.84. The van der Waals surface area contributed by atoms with Crippen molar-refractivity contribution in [3.05, 3.63) is 0 Å². The highest BCUT2D eigenvalue weighted by Gasteiger charge is 2.01. The lowest BCUT2D eigenvalue weighted by Gasteiger charge is -2.02. The molecule has 0 aromatic carbocycles. The predicted octanol–water partition coefficient (Wildman–Crippen LogP) is -0.401. The molecule has 0 bridgehead atoms. The summed E-state index contributed by atoms with van der Waals surface area (Å²) in [5.41, 5.74) is 10.2. The van der Waals surface area contributed by atoms with Gasteiger partial charge in [0.1, 0.15) is 0 Å². The van der Waals surface area contributed by atoms with Crippen LogP contribution in [-0.2, 0) is 4.79 Å². The molecule has 0 saturated heterocycles. The molecule has 8 heavy (non-hydrogen) atoms. The molecule has 3 nitrogen and oxygen atoms in total. The molecule has 0 fully saturated rings. The fourth-order valence-corrected chi connectivity index (χ4v) is 0.403. The molecule has 1 atom stereocenters. The van der Waals surface area contributed by atoms with Crippen LogP contribution in [0.1, 0.15) is 19.8 Å². The minimum Gasteiger partial charge on any atom is -0.370 e. The van der Waals surface area contributed by atoms with Crippen molar-refractivity contribution in [3.8, 4) is 0 Å². The summed E-state index contributed by atoms with van der Waals surface area (Å²) >= 11 is 0. The first-order valence-electron chi connectivity index (χ1n) is 2.70. The lowest BCUT2D eigenvalue weighted by atomic mass is 10.2. The van der Waals surface area contributed by atoms with Crippen LogP contribution in [0.15, 0.2) is 0 Å². The normalized spacial score (nSPS) is 13.2. The highest BCUT2D eigenvalue weighted by atomic mass is 16.1. The van der Waals surface area contributed by atoms with Gasteiger partial charge in [0.2, 0.25) is 5.91 Å². The van der Waals surface area contributed by atoms with Crippen molar-refractivity contribution in [2.24, 2.45) is 11.5 Å². The summed E-state index contributed by atoms with van der Waals surface area (Å²) in [6.07, 6.45) is 1.11. The van der Waals surface area contributed by atoms with E-state index in [4.69, 9.17) is 11.5 Å². The number of amides is 1. The standard InChI is InChI=1S/C5H12N2O/c1-2-4(6)3-5(7)8/h4H,2-3,6H2,1H3,(H2,7,8). The zero-order valence-corrected chi connectivity index (χ0v) is 5.05. The van der Waals surface area contributed by atoms with Crippen LogP contribution in [0, 0.1) is 0 Å². The van der Waals surface area contributed by atoms with Gasteiger partial charge in [-0.3, -0.25) is 4.79 Å². The molecule has 1 amide bonds. The fourth-order valence-electron chi connectivity index (χ4n) is 0.403. The van der Waals surface area contributed by atoms with Gasteiger partial charge in [-0.1, -0.05) is 6.92 Å². The number of nitrogens with two attached hydrogens (primary N) is 2. The van der Waals surface area contributed by atoms with Gasteiger partial charge in [0.15, 0.2) is 0 Å². The monoisotopic (exact) mass is 116 g/mol. The van der Waals surface area contributed by atoms with E-state index in [1.54, 1.807) is 0 Å². The van der Waals surface area contributed by atoms with E-state index in [0.717, 1.165) is 6.42 Å². The van der Waals surface area contributed by atoms with Crippen LogP contribution in [0.2, 0.25) is 0 Å². The van der Waals surface area contributed by atoms with Crippen LogP contribution in [0.4, 0.5) is 0 Å². The van der Waals surface area contributed by atoms with Gasteiger partial charge in [-0.2, -0.15) is 0 Å². The van der Waals surface area contributed by atoms with Crippen molar-refractivity contribution < 1.29 is 4.79 Å². The molecule has 0 aromatic rings. The summed E-state index contributed by atoms with van der Waals surface area (Å²) in [7, 11) is 0. The Morgan fingerprint density at radius 3 is 2.38 bits per heavy atom. The first-order chi connectivity index (χ1) is 3.66. The van der Waals surface area contributed by atoms with E-state index in [9.17, 15) is 4.79 Å². The van der Waals surface area contributed by atoms with Crippen molar-refractivity contribution >= 4 is 5.91 Å². The minimum atomic E-state index is -0.320. The van der Waals surface area contributed by atoms with Crippen LogP contribution in [0.25, 0.3) is 0 Å². The first-order valence-corrected chi connectivity index (χ1v) is 2.70. The van der Waals surface area contributed by atoms with Crippen molar-refractivity contribution in [1.82, 2.24) is 0 Å². The van der Waals surface area contributed by atoms with Crippen LogP contribution >= 0.6 is 0 Å². The summed E-state index contributed by atoms with van der Waals surface area (Å²) < 4.78 is 0. The number of primary amides is 1. The van der Waals surface area contributed by atoms with Crippen molar-refractivity contribution in [1.29, 1.82) is 0 Å². The zero-order chi connectivity index (χ0) is 6.57. The molecular formula is C5H12N2O. The van der Waals surface area contributed by atoms with Gasteiger partial charge in [0.05, 0.1) is 0 Å². The summed E-state index contributed by atoms with van der Waals surface area (Å²) in [6, 6.07) is -0.0486. The Hall–Kier alpha value is -0.570. The van der Waals surface area contributed by atoms with Crippen molar-refractivity contribution in [3.63, 3.8) is 0 Å². The zero-order valence-electron chi connectivity index (χ0n) is 5.05. The Morgan fingerprint density at radius 1 is 1.75 bits per heavy atom. The van der Waals surface area contributed by atoms with Gasteiger partial charge >= 0.3 is 0 Å². The van der Waals surface area contributed by atoms with E-state index >= 15 is 0 Å². The van der Waals surface area contributed by atoms with E-state index in [0.29, 0.717) is 6.42 Å². The number of hydrogen-bond acceptors (Lipinski definition) is 2. The third-order valence-electron chi connectivity index (χ3n) is 0.988. The molecule has 0 radical (unpaired) electrons. The predicted molar refractivity (Wildman–Crippen MR) is 32.1 cm³/mol. The summed E-state index contributed by atoms with van der Waals surface area (Å²) in [5.74, 6) is -0.320. The molecule has 0 heterocycles. The van der Waals surface area contributed by atoms with Gasteiger partial charge in [-0.15, -0.1) is 0 Å². The maximum Gasteiger partial charge on any atom is 0.218 e. The van der Waals surface area contributed by atoms with E-state index < -0.39 is 0 Å². The summed E-state index contributed by atoms with van der Waals surface area (Å²) in [5, 5.41) is 0. The molecule has 4 N–H and O–H groups in total.